The molecule has 0 aromatic heterocycles. The molecule has 0 bridgehead atoms. The monoisotopic (exact) mass is 385 g/mol. The molecule has 0 saturated carbocycles. The van der Waals surface area contributed by atoms with E-state index >= 15 is 0 Å². The fourth-order valence-corrected chi connectivity index (χ4v) is 5.03. The van der Waals surface area contributed by atoms with Gasteiger partial charge in [-0.15, -0.1) is 0 Å². The third-order valence-electron chi connectivity index (χ3n) is 6.40. The summed E-state index contributed by atoms with van der Waals surface area (Å²) in [6.07, 6.45) is -1.15. The van der Waals surface area contributed by atoms with E-state index in [2.05, 4.69) is 0 Å². The molecule has 3 aliphatic rings. The van der Waals surface area contributed by atoms with Gasteiger partial charge in [-0.05, 0) is 48.4 Å². The van der Waals surface area contributed by atoms with Crippen molar-refractivity contribution in [3.05, 3.63) is 46.5 Å². The molecule has 2 aromatic carbocycles. The van der Waals surface area contributed by atoms with Gasteiger partial charge in [0.15, 0.2) is 23.0 Å². The van der Waals surface area contributed by atoms with Crippen LogP contribution < -0.4 is 18.9 Å². The molecule has 5 rings (SSSR count). The normalized spacial score (nSPS) is 27.6. The molecule has 0 amide bonds. The van der Waals surface area contributed by atoms with Gasteiger partial charge in [0, 0.05) is 12.1 Å². The summed E-state index contributed by atoms with van der Waals surface area (Å²) in [5.74, 6) is 2.31. The first kappa shape index (κ1) is 17.6. The highest BCUT2D eigenvalue weighted by Gasteiger charge is 2.60. The van der Waals surface area contributed by atoms with Gasteiger partial charge in [0.25, 0.3) is 0 Å². The van der Waals surface area contributed by atoms with E-state index < -0.39 is 17.7 Å². The summed E-state index contributed by atoms with van der Waals surface area (Å²) in [5.41, 5.74) is 2.07. The Morgan fingerprint density at radius 3 is 2.57 bits per heavy atom. The third-order valence-corrected chi connectivity index (χ3v) is 6.40. The number of ether oxygens (including phenoxy) is 4. The molecule has 0 unspecified atom stereocenters. The van der Waals surface area contributed by atoms with E-state index in [1.54, 1.807) is 20.3 Å². The first-order chi connectivity index (χ1) is 13.5. The molecule has 7 heteroatoms. The summed E-state index contributed by atoms with van der Waals surface area (Å²) in [4.78, 5) is 2.03. The largest absolute Gasteiger partial charge is 0.493 e. The number of likely N-dealkylation sites (N-methyl/N-ethyl adjacent to an activating group) is 1. The minimum absolute atomic E-state index is 0.110. The Bertz CT molecular complexity index is 960. The number of aliphatic hydroxyl groups is 2. The predicted molar refractivity (Wildman–Crippen MR) is 100 cm³/mol. The average molecular weight is 385 g/mol. The fourth-order valence-electron chi connectivity index (χ4n) is 5.03. The highest BCUT2D eigenvalue weighted by atomic mass is 16.7. The number of hydrogen-bond acceptors (Lipinski definition) is 7. The van der Waals surface area contributed by atoms with Gasteiger partial charge in [0.05, 0.1) is 14.2 Å². The van der Waals surface area contributed by atoms with E-state index in [0.717, 1.165) is 17.5 Å². The SMILES string of the molecule is COc1cc2c(cc1OC)[C@@]1([C@H](O)c3c(ccc4c3OCO4)[C@@H]1O)N(C)CC2. The average Bonchev–Trinajstić information content (AvgIpc) is 3.27. The zero-order valence-corrected chi connectivity index (χ0v) is 16.1. The maximum atomic E-state index is 11.6. The van der Waals surface area contributed by atoms with Crippen molar-refractivity contribution >= 4 is 0 Å². The van der Waals surface area contributed by atoms with Gasteiger partial charge < -0.3 is 29.2 Å². The number of nitrogens with zero attached hydrogens (tertiary/aromatic N) is 1. The molecule has 0 saturated heterocycles. The van der Waals surface area contributed by atoms with Crippen LogP contribution in [0.2, 0.25) is 0 Å². The lowest BCUT2D eigenvalue weighted by atomic mass is 9.75. The first-order valence-corrected chi connectivity index (χ1v) is 9.29. The van der Waals surface area contributed by atoms with Gasteiger partial charge in [-0.2, -0.15) is 0 Å². The standard InChI is InChI=1S/C21H23NO6/c1-22-7-6-11-8-15(25-2)16(26-3)9-13(11)21(22)19(23)12-4-5-14-18(28-10-27-14)17(12)20(21)24/h4-5,8-9,19-20,23-24H,6-7,10H2,1-3H3/t19-,20+,21+/m0/s1. The number of hydrogen-bond donors (Lipinski definition) is 2. The topological polar surface area (TPSA) is 80.6 Å². The summed E-state index contributed by atoms with van der Waals surface area (Å²) in [6.45, 7) is 0.795. The van der Waals surface area contributed by atoms with Gasteiger partial charge in [-0.1, -0.05) is 6.07 Å². The summed E-state index contributed by atoms with van der Waals surface area (Å²) in [6, 6.07) is 7.41. The van der Waals surface area contributed by atoms with Crippen LogP contribution in [0.3, 0.4) is 0 Å². The zero-order valence-electron chi connectivity index (χ0n) is 16.1. The van der Waals surface area contributed by atoms with Crippen LogP contribution in [0, 0.1) is 0 Å². The van der Waals surface area contributed by atoms with E-state index in [9.17, 15) is 10.2 Å². The lowest BCUT2D eigenvalue weighted by Crippen LogP contribution is -2.53. The molecule has 0 radical (unpaired) electrons. The summed E-state index contributed by atoms with van der Waals surface area (Å²) < 4.78 is 22.1. The third kappa shape index (κ3) is 1.98. The Labute approximate surface area is 163 Å². The van der Waals surface area contributed by atoms with Crippen molar-refractivity contribution in [3.8, 4) is 23.0 Å². The van der Waals surface area contributed by atoms with Crippen LogP contribution in [0.1, 0.15) is 34.5 Å². The Kier molecular flexibility index (Phi) is 3.78. The van der Waals surface area contributed by atoms with Crippen LogP contribution in [-0.4, -0.2) is 49.7 Å². The molecule has 0 fully saturated rings. The molecule has 2 aromatic rings. The van der Waals surface area contributed by atoms with E-state index in [4.69, 9.17) is 18.9 Å². The van der Waals surface area contributed by atoms with Crippen molar-refractivity contribution in [1.82, 2.24) is 4.90 Å². The molecular formula is C21H23NO6. The van der Waals surface area contributed by atoms with Crippen molar-refractivity contribution < 1.29 is 29.2 Å². The van der Waals surface area contributed by atoms with Crippen LogP contribution in [0.15, 0.2) is 24.3 Å². The van der Waals surface area contributed by atoms with Gasteiger partial charge >= 0.3 is 0 Å². The van der Waals surface area contributed by atoms with E-state index in [0.29, 0.717) is 40.7 Å². The van der Waals surface area contributed by atoms with Crippen LogP contribution >= 0.6 is 0 Å². The molecular weight excluding hydrogens is 362 g/mol. The van der Waals surface area contributed by atoms with Crippen molar-refractivity contribution in [3.63, 3.8) is 0 Å². The highest BCUT2D eigenvalue weighted by Crippen LogP contribution is 2.62. The Balaban J connectivity index is 1.76. The number of methoxy groups -OCH3 is 2. The predicted octanol–water partition coefficient (Wildman–Crippen LogP) is 1.90. The maximum absolute atomic E-state index is 11.6. The van der Waals surface area contributed by atoms with Crippen molar-refractivity contribution in [2.45, 2.75) is 24.2 Å². The van der Waals surface area contributed by atoms with Crippen molar-refractivity contribution in [2.24, 2.45) is 0 Å². The van der Waals surface area contributed by atoms with Crippen LogP contribution in [0.25, 0.3) is 0 Å². The second kappa shape index (κ2) is 6.01. The number of rotatable bonds is 2. The molecule has 1 spiro atoms. The highest BCUT2D eigenvalue weighted by molar-refractivity contribution is 5.62. The molecule has 3 atom stereocenters. The molecule has 1 aliphatic carbocycles. The molecule has 7 nitrogen and oxygen atoms in total. The van der Waals surface area contributed by atoms with E-state index in [1.165, 1.54) is 0 Å². The lowest BCUT2D eigenvalue weighted by molar-refractivity contribution is -0.0951. The fraction of sp³-hybridized carbons (Fsp3) is 0.429. The van der Waals surface area contributed by atoms with Crippen LogP contribution in [0.4, 0.5) is 0 Å². The summed E-state index contributed by atoms with van der Waals surface area (Å²) in [5, 5.41) is 23.1. The lowest BCUT2D eigenvalue weighted by Gasteiger charge is -2.48. The molecule has 2 N–H and O–H groups in total. The quantitative estimate of drug-likeness (QED) is 0.817. The van der Waals surface area contributed by atoms with Gasteiger partial charge in [0.1, 0.15) is 17.7 Å². The van der Waals surface area contributed by atoms with Gasteiger partial charge in [-0.3, -0.25) is 4.90 Å². The van der Waals surface area contributed by atoms with Gasteiger partial charge in [-0.25, -0.2) is 0 Å². The molecule has 2 aliphatic heterocycles. The van der Waals surface area contributed by atoms with Crippen LogP contribution in [-0.2, 0) is 12.0 Å². The summed E-state index contributed by atoms with van der Waals surface area (Å²) in [7, 11) is 5.11. The van der Waals surface area contributed by atoms with E-state index in [-0.39, 0.29) is 6.79 Å². The second-order valence-corrected chi connectivity index (χ2v) is 7.47. The first-order valence-electron chi connectivity index (χ1n) is 9.29. The van der Waals surface area contributed by atoms with Crippen molar-refractivity contribution in [2.75, 3.05) is 34.6 Å². The summed E-state index contributed by atoms with van der Waals surface area (Å²) >= 11 is 0. The zero-order chi connectivity index (χ0) is 19.6. The number of aliphatic hydroxyl groups excluding tert-OH is 2. The molecule has 2 heterocycles. The Hall–Kier alpha value is -2.48. The maximum Gasteiger partial charge on any atom is 0.231 e. The number of fused-ring (bicyclic) bond motifs is 5. The molecule has 28 heavy (non-hydrogen) atoms. The minimum Gasteiger partial charge on any atom is -0.493 e. The van der Waals surface area contributed by atoms with Crippen LogP contribution in [0.5, 0.6) is 23.0 Å². The Morgan fingerprint density at radius 1 is 1.07 bits per heavy atom. The van der Waals surface area contributed by atoms with Gasteiger partial charge in [0.2, 0.25) is 6.79 Å². The van der Waals surface area contributed by atoms with E-state index in [1.807, 2.05) is 30.1 Å². The number of benzene rings is 2. The van der Waals surface area contributed by atoms with Crippen molar-refractivity contribution in [1.29, 1.82) is 0 Å². The smallest absolute Gasteiger partial charge is 0.231 e. The minimum atomic E-state index is -1.05. The Morgan fingerprint density at radius 2 is 1.82 bits per heavy atom. The molecule has 148 valence electrons. The second-order valence-electron chi connectivity index (χ2n) is 7.47.